The second-order valence-electron chi connectivity index (χ2n) is 3.92. The molecule has 0 spiro atoms. The Morgan fingerprint density at radius 2 is 1.92 bits per heavy atom. The summed E-state index contributed by atoms with van der Waals surface area (Å²) in [5.74, 6) is 1.18. The lowest BCUT2D eigenvalue weighted by Gasteiger charge is -2.13. The van der Waals surface area contributed by atoms with Crippen LogP contribution < -0.4 is 0 Å². The Labute approximate surface area is 80.9 Å². The van der Waals surface area contributed by atoms with E-state index >= 15 is 0 Å². The van der Waals surface area contributed by atoms with Gasteiger partial charge in [-0.25, -0.2) is 4.21 Å². The Morgan fingerprint density at radius 1 is 1.31 bits per heavy atom. The number of carbonyl (C=O) groups excluding carboxylic acids is 1. The molecular formula is C9H15NO2S. The molecule has 1 aliphatic heterocycles. The average molecular weight is 201 g/mol. The normalized spacial score (nSPS) is 24.8. The Kier molecular flexibility index (Phi) is 2.67. The van der Waals surface area contributed by atoms with E-state index in [1.54, 1.807) is 4.90 Å². The molecule has 0 radical (unpaired) electrons. The standard InChI is InChI=1S/C9H15NO2S/c11-9(10-5-1-2-6-10)13(12)7-8-3-4-8/h8H,1-7H2. The molecule has 2 fully saturated rings. The summed E-state index contributed by atoms with van der Waals surface area (Å²) in [7, 11) is -1.24. The fourth-order valence-electron chi connectivity index (χ4n) is 1.61. The van der Waals surface area contributed by atoms with Gasteiger partial charge in [0.15, 0.2) is 0 Å². The summed E-state index contributed by atoms with van der Waals surface area (Å²) in [5.41, 5.74) is 0. The first-order chi connectivity index (χ1) is 6.27. The Hall–Kier alpha value is -0.380. The summed E-state index contributed by atoms with van der Waals surface area (Å²) in [4.78, 5) is 13.3. The second-order valence-corrected chi connectivity index (χ2v) is 5.29. The van der Waals surface area contributed by atoms with E-state index in [1.165, 1.54) is 12.8 Å². The molecule has 1 unspecified atom stereocenters. The summed E-state index contributed by atoms with van der Waals surface area (Å²) in [6.45, 7) is 1.63. The van der Waals surface area contributed by atoms with E-state index < -0.39 is 10.8 Å². The van der Waals surface area contributed by atoms with Gasteiger partial charge in [-0.05, 0) is 31.6 Å². The maximum absolute atomic E-state index is 11.5. The number of nitrogens with zero attached hydrogens (tertiary/aromatic N) is 1. The first-order valence-corrected chi connectivity index (χ1v) is 6.26. The average Bonchev–Trinajstić information content (AvgIpc) is 2.78. The first-order valence-electron chi connectivity index (χ1n) is 4.94. The Morgan fingerprint density at radius 3 is 2.46 bits per heavy atom. The lowest BCUT2D eigenvalue weighted by Crippen LogP contribution is -2.30. The van der Waals surface area contributed by atoms with Gasteiger partial charge in [-0.3, -0.25) is 4.79 Å². The van der Waals surface area contributed by atoms with Gasteiger partial charge in [0.05, 0.1) is 0 Å². The smallest absolute Gasteiger partial charge is 0.311 e. The van der Waals surface area contributed by atoms with Crippen molar-refractivity contribution < 1.29 is 9.00 Å². The number of rotatable bonds is 2. The third kappa shape index (κ3) is 2.30. The fourth-order valence-corrected chi connectivity index (χ4v) is 2.99. The van der Waals surface area contributed by atoms with Gasteiger partial charge in [0.1, 0.15) is 10.8 Å². The van der Waals surface area contributed by atoms with Gasteiger partial charge in [-0.15, -0.1) is 0 Å². The van der Waals surface area contributed by atoms with Crippen LogP contribution in [-0.4, -0.2) is 33.2 Å². The number of hydrogen-bond donors (Lipinski definition) is 0. The van der Waals surface area contributed by atoms with Crippen molar-refractivity contribution in [2.45, 2.75) is 25.7 Å². The van der Waals surface area contributed by atoms with E-state index in [-0.39, 0.29) is 5.24 Å². The van der Waals surface area contributed by atoms with Crippen LogP contribution in [0.4, 0.5) is 4.79 Å². The van der Waals surface area contributed by atoms with Crippen molar-refractivity contribution in [1.29, 1.82) is 0 Å². The van der Waals surface area contributed by atoms with E-state index in [0.717, 1.165) is 25.9 Å². The lowest BCUT2D eigenvalue weighted by atomic mass is 10.4. The van der Waals surface area contributed by atoms with Crippen LogP contribution in [0, 0.1) is 5.92 Å². The van der Waals surface area contributed by atoms with Crippen LogP contribution in [0.2, 0.25) is 0 Å². The number of carbonyl (C=O) groups is 1. The van der Waals surface area contributed by atoms with E-state index in [4.69, 9.17) is 0 Å². The summed E-state index contributed by atoms with van der Waals surface area (Å²) in [6.07, 6.45) is 4.48. The predicted molar refractivity (Wildman–Crippen MR) is 51.9 cm³/mol. The molecular weight excluding hydrogens is 186 g/mol. The molecule has 1 aliphatic carbocycles. The van der Waals surface area contributed by atoms with E-state index in [2.05, 4.69) is 0 Å². The fraction of sp³-hybridized carbons (Fsp3) is 0.889. The topological polar surface area (TPSA) is 37.4 Å². The van der Waals surface area contributed by atoms with Crippen LogP contribution in [0.1, 0.15) is 25.7 Å². The van der Waals surface area contributed by atoms with E-state index in [0.29, 0.717) is 11.7 Å². The molecule has 2 aliphatic rings. The third-order valence-corrected chi connectivity index (χ3v) is 4.06. The van der Waals surface area contributed by atoms with Gasteiger partial charge < -0.3 is 4.90 Å². The molecule has 0 aromatic heterocycles. The maximum Gasteiger partial charge on any atom is 0.311 e. The number of hydrogen-bond acceptors (Lipinski definition) is 2. The minimum Gasteiger partial charge on any atom is -0.332 e. The van der Waals surface area contributed by atoms with Crippen molar-refractivity contribution in [3.63, 3.8) is 0 Å². The zero-order valence-corrected chi connectivity index (χ0v) is 8.52. The number of amides is 1. The summed E-state index contributed by atoms with van der Waals surface area (Å²) < 4.78 is 11.5. The molecule has 13 heavy (non-hydrogen) atoms. The highest BCUT2D eigenvalue weighted by Crippen LogP contribution is 2.30. The summed E-state index contributed by atoms with van der Waals surface area (Å²) in [5, 5.41) is -0.121. The lowest BCUT2D eigenvalue weighted by molar-refractivity contribution is 0.232. The van der Waals surface area contributed by atoms with Crippen molar-refractivity contribution in [1.82, 2.24) is 4.90 Å². The van der Waals surface area contributed by atoms with E-state index in [1.807, 2.05) is 0 Å². The van der Waals surface area contributed by atoms with Crippen LogP contribution in [0.25, 0.3) is 0 Å². The highest BCUT2D eigenvalue weighted by molar-refractivity contribution is 8.00. The summed E-state index contributed by atoms with van der Waals surface area (Å²) >= 11 is 0. The third-order valence-electron chi connectivity index (χ3n) is 2.64. The molecule has 0 aromatic rings. The van der Waals surface area contributed by atoms with Gasteiger partial charge in [0, 0.05) is 18.8 Å². The highest BCUT2D eigenvalue weighted by atomic mass is 32.2. The highest BCUT2D eigenvalue weighted by Gasteiger charge is 2.29. The minimum atomic E-state index is -1.24. The SMILES string of the molecule is O=C(N1CCCC1)S(=O)CC1CC1. The van der Waals surface area contributed by atoms with E-state index in [9.17, 15) is 9.00 Å². The van der Waals surface area contributed by atoms with Crippen LogP contribution in [0.3, 0.4) is 0 Å². The van der Waals surface area contributed by atoms with Gasteiger partial charge in [0.25, 0.3) is 0 Å². The van der Waals surface area contributed by atoms with Crippen LogP contribution >= 0.6 is 0 Å². The van der Waals surface area contributed by atoms with Gasteiger partial charge in [-0.1, -0.05) is 0 Å². The number of likely N-dealkylation sites (tertiary alicyclic amines) is 1. The molecule has 1 saturated heterocycles. The zero-order chi connectivity index (χ0) is 9.26. The van der Waals surface area contributed by atoms with Crippen molar-refractivity contribution in [2.75, 3.05) is 18.8 Å². The minimum absolute atomic E-state index is 0.121. The Balaban J connectivity index is 1.83. The maximum atomic E-state index is 11.5. The monoisotopic (exact) mass is 201 g/mol. The molecule has 74 valence electrons. The zero-order valence-electron chi connectivity index (χ0n) is 7.70. The quantitative estimate of drug-likeness (QED) is 0.676. The van der Waals surface area contributed by atoms with Crippen LogP contribution in [-0.2, 0) is 10.8 Å². The predicted octanol–water partition coefficient (Wildman–Crippen LogP) is 1.36. The summed E-state index contributed by atoms with van der Waals surface area (Å²) in [6, 6.07) is 0. The second kappa shape index (κ2) is 3.78. The Bertz CT molecular complexity index is 232. The first kappa shape index (κ1) is 9.19. The molecule has 1 saturated carbocycles. The largest absolute Gasteiger partial charge is 0.332 e. The van der Waals surface area contributed by atoms with Gasteiger partial charge in [0.2, 0.25) is 0 Å². The van der Waals surface area contributed by atoms with Gasteiger partial charge in [-0.2, -0.15) is 0 Å². The van der Waals surface area contributed by atoms with Crippen molar-refractivity contribution in [2.24, 2.45) is 5.92 Å². The molecule has 1 amide bonds. The van der Waals surface area contributed by atoms with Crippen molar-refractivity contribution in [3.05, 3.63) is 0 Å². The molecule has 4 heteroatoms. The van der Waals surface area contributed by atoms with Crippen LogP contribution in [0.5, 0.6) is 0 Å². The molecule has 0 bridgehead atoms. The molecule has 1 atom stereocenters. The molecule has 0 N–H and O–H groups in total. The van der Waals surface area contributed by atoms with Gasteiger partial charge >= 0.3 is 5.24 Å². The molecule has 3 nitrogen and oxygen atoms in total. The van der Waals surface area contributed by atoms with Crippen molar-refractivity contribution in [3.8, 4) is 0 Å². The van der Waals surface area contributed by atoms with Crippen LogP contribution in [0.15, 0.2) is 0 Å². The molecule has 0 aromatic carbocycles. The van der Waals surface area contributed by atoms with Crippen molar-refractivity contribution >= 4 is 16.0 Å². The molecule has 1 heterocycles. The molecule has 2 rings (SSSR count).